The third-order valence-corrected chi connectivity index (χ3v) is 5.25. The first-order valence-electron chi connectivity index (χ1n) is 9.40. The Morgan fingerprint density at radius 3 is 2.38 bits per heavy atom. The van der Waals surface area contributed by atoms with Crippen LogP contribution >= 0.6 is 0 Å². The number of hydrogen-bond donors (Lipinski definition) is 0. The maximum Gasteiger partial charge on any atom is 0.226 e. The molecule has 1 unspecified atom stereocenters. The molecule has 1 aliphatic carbocycles. The van der Waals surface area contributed by atoms with E-state index in [4.69, 9.17) is 4.84 Å². The van der Waals surface area contributed by atoms with Crippen molar-refractivity contribution in [1.82, 2.24) is 4.90 Å². The van der Waals surface area contributed by atoms with Crippen LogP contribution in [0, 0.1) is 5.92 Å². The van der Waals surface area contributed by atoms with E-state index in [0.29, 0.717) is 13.1 Å². The van der Waals surface area contributed by atoms with Crippen molar-refractivity contribution in [3.63, 3.8) is 0 Å². The third-order valence-electron chi connectivity index (χ3n) is 5.25. The Balaban J connectivity index is 1.42. The highest BCUT2D eigenvalue weighted by Crippen LogP contribution is 2.29. The number of amides is 1. The minimum Gasteiger partial charge on any atom is -0.390 e. The van der Waals surface area contributed by atoms with Crippen LogP contribution in [0.5, 0.6) is 0 Å². The van der Waals surface area contributed by atoms with E-state index in [0.717, 1.165) is 42.5 Å². The van der Waals surface area contributed by atoms with E-state index in [2.05, 4.69) is 17.3 Å². The summed E-state index contributed by atoms with van der Waals surface area (Å²) in [7, 11) is 0. The molecular formula is C22H24N2O2. The van der Waals surface area contributed by atoms with E-state index < -0.39 is 0 Å². The van der Waals surface area contributed by atoms with Crippen LogP contribution in [0.3, 0.4) is 0 Å². The van der Waals surface area contributed by atoms with Crippen molar-refractivity contribution in [3.05, 3.63) is 71.8 Å². The van der Waals surface area contributed by atoms with Crippen LogP contribution < -0.4 is 0 Å². The average molecular weight is 348 g/mol. The molecule has 1 saturated carbocycles. The molecule has 1 aliphatic heterocycles. The molecule has 0 N–H and O–H groups in total. The Morgan fingerprint density at radius 2 is 1.73 bits per heavy atom. The van der Waals surface area contributed by atoms with Gasteiger partial charge in [-0.2, -0.15) is 0 Å². The van der Waals surface area contributed by atoms with Crippen LogP contribution in [-0.2, 0) is 16.2 Å². The van der Waals surface area contributed by atoms with E-state index >= 15 is 0 Å². The molecule has 4 heteroatoms. The highest BCUT2D eigenvalue weighted by Gasteiger charge is 2.32. The predicted molar refractivity (Wildman–Crippen MR) is 102 cm³/mol. The van der Waals surface area contributed by atoms with Crippen LogP contribution in [0.15, 0.2) is 65.8 Å². The van der Waals surface area contributed by atoms with Gasteiger partial charge in [-0.1, -0.05) is 72.2 Å². The van der Waals surface area contributed by atoms with Gasteiger partial charge in [-0.15, -0.1) is 0 Å². The third kappa shape index (κ3) is 3.79. The van der Waals surface area contributed by atoms with Crippen LogP contribution in [-0.4, -0.2) is 29.2 Å². The van der Waals surface area contributed by atoms with Gasteiger partial charge in [-0.3, -0.25) is 4.79 Å². The zero-order chi connectivity index (χ0) is 17.8. The molecular weight excluding hydrogens is 324 g/mol. The largest absolute Gasteiger partial charge is 0.390 e. The van der Waals surface area contributed by atoms with Crippen molar-refractivity contribution in [3.8, 4) is 0 Å². The standard InChI is InChI=1S/C22H24N2O2/c25-22(19-12-7-13-19)24(15-17-8-3-1-4-9-17)16-20-14-21(23-26-20)18-10-5-2-6-11-18/h1-6,8-11,19-20H,7,12-16H2. The van der Waals surface area contributed by atoms with Crippen LogP contribution in [0.1, 0.15) is 36.8 Å². The first-order valence-corrected chi connectivity index (χ1v) is 9.40. The smallest absolute Gasteiger partial charge is 0.226 e. The van der Waals surface area contributed by atoms with Gasteiger partial charge < -0.3 is 9.74 Å². The molecule has 1 atom stereocenters. The lowest BCUT2D eigenvalue weighted by Crippen LogP contribution is -2.42. The molecule has 0 spiro atoms. The van der Waals surface area contributed by atoms with E-state index in [-0.39, 0.29) is 17.9 Å². The highest BCUT2D eigenvalue weighted by molar-refractivity contribution is 6.01. The Hall–Kier alpha value is -2.62. The summed E-state index contributed by atoms with van der Waals surface area (Å²) in [6.45, 7) is 1.22. The second-order valence-corrected chi connectivity index (χ2v) is 7.17. The Morgan fingerprint density at radius 1 is 1.04 bits per heavy atom. The number of benzene rings is 2. The summed E-state index contributed by atoms with van der Waals surface area (Å²) in [6, 6.07) is 20.3. The zero-order valence-corrected chi connectivity index (χ0v) is 14.9. The maximum absolute atomic E-state index is 12.9. The normalized spacial score (nSPS) is 19.4. The number of oxime groups is 1. The number of hydrogen-bond acceptors (Lipinski definition) is 3. The van der Waals surface area contributed by atoms with Crippen molar-refractivity contribution >= 4 is 11.6 Å². The van der Waals surface area contributed by atoms with Gasteiger partial charge in [0.05, 0.1) is 12.3 Å². The van der Waals surface area contributed by atoms with Gasteiger partial charge >= 0.3 is 0 Å². The topological polar surface area (TPSA) is 41.9 Å². The fourth-order valence-electron chi connectivity index (χ4n) is 3.52. The summed E-state index contributed by atoms with van der Waals surface area (Å²) >= 11 is 0. The van der Waals surface area contributed by atoms with E-state index in [1.165, 1.54) is 0 Å². The Bertz CT molecular complexity index is 769. The summed E-state index contributed by atoms with van der Waals surface area (Å²) in [5.74, 6) is 0.450. The molecule has 4 nitrogen and oxygen atoms in total. The summed E-state index contributed by atoms with van der Waals surface area (Å²) < 4.78 is 0. The number of nitrogens with zero attached hydrogens (tertiary/aromatic N) is 2. The Kier molecular flexibility index (Phi) is 5.00. The molecule has 0 bridgehead atoms. The molecule has 1 heterocycles. The quantitative estimate of drug-likeness (QED) is 0.791. The molecule has 1 amide bonds. The summed E-state index contributed by atoms with van der Waals surface area (Å²) in [6.07, 6.45) is 3.87. The SMILES string of the molecule is O=C(C1CCC1)N(Cc1ccccc1)CC1CC(c2ccccc2)=NO1. The molecule has 2 aromatic carbocycles. The molecule has 2 aliphatic rings. The van der Waals surface area contributed by atoms with Crippen molar-refractivity contribution in [1.29, 1.82) is 0 Å². The van der Waals surface area contributed by atoms with E-state index in [1.54, 1.807) is 0 Å². The van der Waals surface area contributed by atoms with Gasteiger partial charge in [0, 0.05) is 18.9 Å². The lowest BCUT2D eigenvalue weighted by atomic mass is 9.84. The minimum absolute atomic E-state index is 0.0713. The van der Waals surface area contributed by atoms with E-state index in [9.17, 15) is 4.79 Å². The minimum atomic E-state index is -0.0713. The van der Waals surface area contributed by atoms with Gasteiger partial charge in [-0.25, -0.2) is 0 Å². The lowest BCUT2D eigenvalue weighted by Gasteiger charge is -2.32. The number of carbonyl (C=O) groups is 1. The molecule has 26 heavy (non-hydrogen) atoms. The van der Waals surface area contributed by atoms with Gasteiger partial charge in [0.2, 0.25) is 5.91 Å². The van der Waals surface area contributed by atoms with Crippen LogP contribution in [0.4, 0.5) is 0 Å². The first kappa shape index (κ1) is 16.8. The highest BCUT2D eigenvalue weighted by atomic mass is 16.6. The molecule has 0 saturated heterocycles. The fraction of sp³-hybridized carbons (Fsp3) is 0.364. The number of rotatable bonds is 6. The molecule has 1 fully saturated rings. The molecule has 0 aromatic heterocycles. The summed E-state index contributed by atoms with van der Waals surface area (Å²) in [5.41, 5.74) is 3.21. The number of carbonyl (C=O) groups excluding carboxylic acids is 1. The molecule has 4 rings (SSSR count). The van der Waals surface area contributed by atoms with Crippen molar-refractivity contribution < 1.29 is 9.63 Å². The zero-order valence-electron chi connectivity index (χ0n) is 14.9. The summed E-state index contributed by atoms with van der Waals surface area (Å²) in [4.78, 5) is 20.5. The summed E-state index contributed by atoms with van der Waals surface area (Å²) in [5, 5.41) is 4.26. The Labute approximate surface area is 154 Å². The fourth-order valence-corrected chi connectivity index (χ4v) is 3.52. The van der Waals surface area contributed by atoms with Gasteiger partial charge in [0.25, 0.3) is 0 Å². The van der Waals surface area contributed by atoms with Gasteiger partial charge in [0.15, 0.2) is 6.10 Å². The monoisotopic (exact) mass is 348 g/mol. The van der Waals surface area contributed by atoms with Crippen molar-refractivity contribution in [2.24, 2.45) is 11.1 Å². The van der Waals surface area contributed by atoms with Crippen molar-refractivity contribution in [2.45, 2.75) is 38.3 Å². The van der Waals surface area contributed by atoms with Gasteiger partial charge in [0.1, 0.15) is 0 Å². The molecule has 134 valence electrons. The second kappa shape index (κ2) is 7.73. The first-order chi connectivity index (χ1) is 12.8. The van der Waals surface area contributed by atoms with Gasteiger partial charge in [-0.05, 0) is 24.0 Å². The molecule has 2 aromatic rings. The van der Waals surface area contributed by atoms with E-state index in [1.807, 2.05) is 53.4 Å². The van der Waals surface area contributed by atoms with Crippen LogP contribution in [0.25, 0.3) is 0 Å². The molecule has 0 radical (unpaired) electrons. The second-order valence-electron chi connectivity index (χ2n) is 7.17. The maximum atomic E-state index is 12.9. The van der Waals surface area contributed by atoms with Crippen molar-refractivity contribution in [2.75, 3.05) is 6.54 Å². The predicted octanol–water partition coefficient (Wildman–Crippen LogP) is 4.01. The lowest BCUT2D eigenvalue weighted by molar-refractivity contribution is -0.140. The van der Waals surface area contributed by atoms with Crippen LogP contribution in [0.2, 0.25) is 0 Å². The average Bonchev–Trinajstić information content (AvgIpc) is 3.10.